The summed E-state index contributed by atoms with van der Waals surface area (Å²) in [6.07, 6.45) is 0. The predicted molar refractivity (Wildman–Crippen MR) is 200 cm³/mol. The molecular weight excluding hydrogens is 599 g/mol. The lowest BCUT2D eigenvalue weighted by Gasteiger charge is -2.08. The van der Waals surface area contributed by atoms with E-state index in [9.17, 15) is 0 Å². The quantitative estimate of drug-likeness (QED) is 0.182. The van der Waals surface area contributed by atoms with Gasteiger partial charge in [0.1, 0.15) is 11.2 Å². The lowest BCUT2D eigenvalue weighted by atomic mass is 9.97. The maximum Gasteiger partial charge on any atom is 0.164 e. The Hall–Kier alpha value is -6.65. The fourth-order valence-electron chi connectivity index (χ4n) is 5.89. The number of nitrogens with zero attached hydrogens (tertiary/aromatic N) is 3. The van der Waals surface area contributed by atoms with Gasteiger partial charge in [0.2, 0.25) is 0 Å². The third kappa shape index (κ3) is 5.56. The van der Waals surface area contributed by atoms with Crippen LogP contribution >= 0.6 is 0 Å². The summed E-state index contributed by atoms with van der Waals surface area (Å²) in [5, 5.41) is 1.51. The van der Waals surface area contributed by atoms with E-state index in [-0.39, 0.29) is 28.6 Å². The fourth-order valence-corrected chi connectivity index (χ4v) is 5.89. The molecule has 0 unspecified atom stereocenters. The highest BCUT2D eigenvalue weighted by atomic mass is 16.3. The Morgan fingerprint density at radius 3 is 1.20 bits per heavy atom. The molecule has 2 heterocycles. The van der Waals surface area contributed by atoms with Crippen LogP contribution in [0, 0.1) is 0 Å². The predicted octanol–water partition coefficient (Wildman–Crippen LogP) is 11.8. The highest BCUT2D eigenvalue weighted by molar-refractivity contribution is 6.07. The summed E-state index contributed by atoms with van der Waals surface area (Å²) < 4.78 is 89.9. The zero-order chi connectivity index (χ0) is 41.3. The maximum atomic E-state index is 8.62. The van der Waals surface area contributed by atoms with Gasteiger partial charge < -0.3 is 4.42 Å². The number of aromatic nitrogens is 3. The monoisotopic (exact) mass is 637 g/mol. The van der Waals surface area contributed by atoms with Gasteiger partial charge in [0, 0.05) is 27.5 Å². The van der Waals surface area contributed by atoms with Crippen LogP contribution in [0.3, 0.4) is 0 Å². The van der Waals surface area contributed by atoms with Gasteiger partial charge in [-0.2, -0.15) is 0 Å². The Morgan fingerprint density at radius 2 is 0.714 bits per heavy atom. The van der Waals surface area contributed by atoms with E-state index in [0.29, 0.717) is 22.1 Å². The zero-order valence-electron chi connectivity index (χ0n) is 35.7. The molecule has 9 aromatic rings. The molecule has 0 aliphatic rings. The smallest absolute Gasteiger partial charge is 0.164 e. The molecule has 0 amide bonds. The molecule has 4 nitrogen and oxygen atoms in total. The van der Waals surface area contributed by atoms with Crippen molar-refractivity contribution in [1.82, 2.24) is 15.0 Å². The van der Waals surface area contributed by atoms with E-state index < -0.39 is 60.4 Å². The van der Waals surface area contributed by atoms with Crippen molar-refractivity contribution >= 4 is 21.9 Å². The first-order valence-corrected chi connectivity index (χ1v) is 15.5. The SMILES string of the molecule is [2H]c1c([2H])c([2H])c(-c2nc(-c3ccc4oc5ccc(-c6ccc(-c7ccc(-c8ccccc8)cc7)cc6)cc5c4c3)nc(-c3c([2H])c([2H])c([2H])c([2H])c3[2H])n2)c([2H])c1[2H]. The molecule has 7 aromatic carbocycles. The number of rotatable bonds is 6. The van der Waals surface area contributed by atoms with Gasteiger partial charge in [-0.05, 0) is 63.7 Å². The van der Waals surface area contributed by atoms with Crippen LogP contribution < -0.4 is 0 Å². The van der Waals surface area contributed by atoms with Crippen molar-refractivity contribution in [2.24, 2.45) is 0 Å². The van der Waals surface area contributed by atoms with Crippen molar-refractivity contribution in [3.8, 4) is 67.5 Å². The summed E-state index contributed by atoms with van der Waals surface area (Å²) in [6.45, 7) is 0. The van der Waals surface area contributed by atoms with Gasteiger partial charge in [0.05, 0.1) is 13.7 Å². The standard InChI is InChI=1S/C45H29N3O/c1-4-10-30(11-5-1)31-16-18-32(19-17-31)33-20-22-34(23-21-33)37-24-26-41-39(28-37)40-29-38(25-27-42(40)49-41)45-47-43(35-12-6-2-7-13-35)46-44(48-45)36-14-8-3-9-15-36/h1-29H/i2D,3D,6D,7D,8D,9D,12D,13D,14D,15D. The zero-order valence-corrected chi connectivity index (χ0v) is 25.7. The van der Waals surface area contributed by atoms with Crippen LogP contribution in [0.25, 0.3) is 89.5 Å². The molecule has 0 saturated carbocycles. The number of benzene rings is 7. The lowest BCUT2D eigenvalue weighted by Crippen LogP contribution is -2.00. The molecule has 0 aliphatic carbocycles. The van der Waals surface area contributed by atoms with E-state index in [0.717, 1.165) is 38.8 Å². The third-order valence-corrected chi connectivity index (χ3v) is 8.35. The van der Waals surface area contributed by atoms with Crippen LogP contribution in [0.15, 0.2) is 180 Å². The van der Waals surface area contributed by atoms with Gasteiger partial charge in [0.15, 0.2) is 17.5 Å². The molecule has 0 fully saturated rings. The van der Waals surface area contributed by atoms with Crippen LogP contribution in [-0.2, 0) is 0 Å². The molecule has 0 radical (unpaired) electrons. The Morgan fingerprint density at radius 1 is 0.347 bits per heavy atom. The van der Waals surface area contributed by atoms with Gasteiger partial charge in [-0.3, -0.25) is 0 Å². The average molecular weight is 638 g/mol. The minimum absolute atomic E-state index is 0.0246. The van der Waals surface area contributed by atoms with Crippen LogP contribution in [0.4, 0.5) is 0 Å². The lowest BCUT2D eigenvalue weighted by molar-refractivity contribution is 0.669. The van der Waals surface area contributed by atoms with Crippen LogP contribution in [0.5, 0.6) is 0 Å². The van der Waals surface area contributed by atoms with Crippen molar-refractivity contribution in [2.75, 3.05) is 0 Å². The normalized spacial score (nSPS) is 14.1. The Balaban J connectivity index is 1.14. The number of hydrogen-bond acceptors (Lipinski definition) is 4. The first kappa shape index (κ1) is 19.9. The summed E-state index contributed by atoms with van der Waals surface area (Å²) in [5.41, 5.74) is 7.38. The summed E-state index contributed by atoms with van der Waals surface area (Å²) in [6, 6.07) is 32.2. The van der Waals surface area contributed by atoms with E-state index in [1.54, 1.807) is 18.2 Å². The Labute approximate surface area is 298 Å². The van der Waals surface area contributed by atoms with E-state index in [2.05, 4.69) is 75.6 Å². The van der Waals surface area contributed by atoms with Crippen molar-refractivity contribution < 1.29 is 18.1 Å². The molecule has 49 heavy (non-hydrogen) atoms. The third-order valence-electron chi connectivity index (χ3n) is 8.35. The Bertz CT molecular complexity index is 3010. The minimum atomic E-state index is -0.610. The summed E-state index contributed by atoms with van der Waals surface area (Å²) in [5.74, 6) is -0.684. The van der Waals surface area contributed by atoms with Gasteiger partial charge in [-0.25, -0.2) is 15.0 Å². The molecule has 0 atom stereocenters. The topological polar surface area (TPSA) is 51.8 Å². The summed E-state index contributed by atoms with van der Waals surface area (Å²) >= 11 is 0. The van der Waals surface area contributed by atoms with Crippen LogP contribution in [0.2, 0.25) is 0 Å². The molecule has 4 heteroatoms. The second kappa shape index (κ2) is 12.2. The number of fused-ring (bicyclic) bond motifs is 3. The van der Waals surface area contributed by atoms with Gasteiger partial charge >= 0.3 is 0 Å². The van der Waals surface area contributed by atoms with E-state index in [1.165, 1.54) is 0 Å². The maximum absolute atomic E-state index is 8.62. The van der Waals surface area contributed by atoms with E-state index in [4.69, 9.17) is 18.1 Å². The second-order valence-corrected chi connectivity index (χ2v) is 11.4. The summed E-state index contributed by atoms with van der Waals surface area (Å²) in [7, 11) is 0. The highest BCUT2D eigenvalue weighted by Crippen LogP contribution is 2.36. The van der Waals surface area contributed by atoms with E-state index >= 15 is 0 Å². The van der Waals surface area contributed by atoms with Crippen molar-refractivity contribution in [3.05, 3.63) is 176 Å². The van der Waals surface area contributed by atoms with Crippen molar-refractivity contribution in [2.45, 2.75) is 0 Å². The van der Waals surface area contributed by atoms with Crippen LogP contribution in [-0.4, -0.2) is 15.0 Å². The molecule has 0 spiro atoms. The van der Waals surface area contributed by atoms with Crippen molar-refractivity contribution in [3.63, 3.8) is 0 Å². The minimum Gasteiger partial charge on any atom is -0.456 e. The largest absolute Gasteiger partial charge is 0.456 e. The first-order valence-electron chi connectivity index (χ1n) is 20.5. The van der Waals surface area contributed by atoms with Crippen molar-refractivity contribution in [1.29, 1.82) is 0 Å². The van der Waals surface area contributed by atoms with E-state index in [1.807, 2.05) is 36.4 Å². The highest BCUT2D eigenvalue weighted by Gasteiger charge is 2.15. The average Bonchev–Trinajstić information content (AvgIpc) is 3.64. The molecular formula is C45H29N3O. The molecule has 9 rings (SSSR count). The molecule has 0 saturated heterocycles. The molecule has 0 aliphatic heterocycles. The summed E-state index contributed by atoms with van der Waals surface area (Å²) in [4.78, 5) is 13.5. The van der Waals surface area contributed by atoms with Crippen LogP contribution in [0.1, 0.15) is 13.7 Å². The molecule has 0 N–H and O–H groups in total. The molecule has 0 bridgehead atoms. The number of furan rings is 1. The fraction of sp³-hybridized carbons (Fsp3) is 0. The van der Waals surface area contributed by atoms with Gasteiger partial charge in [0.25, 0.3) is 0 Å². The molecule has 230 valence electrons. The molecule has 2 aromatic heterocycles. The Kier molecular flexibility index (Phi) is 4.94. The number of hydrogen-bond donors (Lipinski definition) is 0. The first-order chi connectivity index (χ1) is 28.4. The van der Waals surface area contributed by atoms with Gasteiger partial charge in [-0.15, -0.1) is 0 Å². The van der Waals surface area contributed by atoms with Gasteiger partial charge in [-0.1, -0.05) is 145 Å². The second-order valence-electron chi connectivity index (χ2n) is 11.4.